The van der Waals surface area contributed by atoms with Crippen LogP contribution in [0.1, 0.15) is 0 Å². The minimum Gasteiger partial charge on any atom is -0.438 e. The van der Waals surface area contributed by atoms with E-state index in [1.165, 1.54) is 21.8 Å². The molecular weight excluding hydrogens is 368 g/mol. The van der Waals surface area contributed by atoms with Gasteiger partial charge in [-0.25, -0.2) is 4.98 Å². The Morgan fingerprint density at radius 3 is 1.87 bits per heavy atom. The van der Waals surface area contributed by atoms with Gasteiger partial charge in [-0.05, 0) is 24.3 Å². The molecule has 0 unspecified atom stereocenters. The predicted octanol–water partition coefficient (Wildman–Crippen LogP) is 7.23. The topological polar surface area (TPSA) is 31.0 Å². The summed E-state index contributed by atoms with van der Waals surface area (Å²) in [5.74, 6) is 0. The molecule has 0 aliphatic rings. The zero-order valence-electron chi connectivity index (χ0n) is 16.0. The Hall–Kier alpha value is -4.11. The van der Waals surface area contributed by atoms with Crippen LogP contribution >= 0.6 is 0 Å². The van der Waals surface area contributed by atoms with Gasteiger partial charge in [0.25, 0.3) is 0 Å². The smallest absolute Gasteiger partial charge is 0.230 e. The minimum absolute atomic E-state index is 0.673. The van der Waals surface area contributed by atoms with Crippen LogP contribution in [0.15, 0.2) is 101 Å². The Balaban J connectivity index is 1.83. The molecule has 0 atom stereocenters. The van der Waals surface area contributed by atoms with E-state index in [1.807, 2.05) is 18.2 Å². The second-order valence-corrected chi connectivity index (χ2v) is 7.63. The number of hydrogen-bond donors (Lipinski definition) is 0. The summed E-state index contributed by atoms with van der Waals surface area (Å²) in [4.78, 5) is 4.87. The van der Waals surface area contributed by atoms with Gasteiger partial charge < -0.3 is 8.98 Å². The molecule has 0 saturated carbocycles. The quantitative estimate of drug-likeness (QED) is 0.299. The van der Waals surface area contributed by atoms with Gasteiger partial charge in [0.15, 0.2) is 0 Å². The Morgan fingerprint density at radius 2 is 1.13 bits per heavy atom. The second kappa shape index (κ2) is 5.71. The number of para-hydroxylation sites is 4. The number of nitrogens with zero attached hydrogens (tertiary/aromatic N) is 2. The number of benzene rings is 4. The summed E-state index contributed by atoms with van der Waals surface area (Å²) in [6.45, 7) is 0. The van der Waals surface area contributed by atoms with Crippen LogP contribution in [0.3, 0.4) is 0 Å². The minimum atomic E-state index is 0.673. The molecule has 0 radical (unpaired) electrons. The highest BCUT2D eigenvalue weighted by atomic mass is 16.3. The third kappa shape index (κ3) is 1.96. The molecule has 3 nitrogen and oxygen atoms in total. The largest absolute Gasteiger partial charge is 0.438 e. The maximum absolute atomic E-state index is 6.20. The van der Waals surface area contributed by atoms with E-state index in [1.54, 1.807) is 0 Å². The van der Waals surface area contributed by atoms with Crippen molar-refractivity contribution >= 4 is 54.8 Å². The van der Waals surface area contributed by atoms with Crippen LogP contribution in [0.2, 0.25) is 0 Å². The average Bonchev–Trinajstić information content (AvgIpc) is 3.33. The molecule has 140 valence electrons. The Morgan fingerprint density at radius 1 is 0.567 bits per heavy atom. The SMILES string of the molecule is c1ccc2c(-n3c4ccccc4c4ccccc43)c3c(nc2c1)oc1ccccc13. The zero-order chi connectivity index (χ0) is 19.7. The van der Waals surface area contributed by atoms with Crippen molar-refractivity contribution < 1.29 is 4.42 Å². The van der Waals surface area contributed by atoms with Gasteiger partial charge in [0.2, 0.25) is 5.71 Å². The molecule has 30 heavy (non-hydrogen) atoms. The van der Waals surface area contributed by atoms with Crippen molar-refractivity contribution in [3.05, 3.63) is 97.1 Å². The van der Waals surface area contributed by atoms with Gasteiger partial charge >= 0.3 is 0 Å². The lowest BCUT2D eigenvalue weighted by atomic mass is 10.1. The van der Waals surface area contributed by atoms with Gasteiger partial charge in [-0.15, -0.1) is 0 Å². The maximum atomic E-state index is 6.20. The van der Waals surface area contributed by atoms with E-state index >= 15 is 0 Å². The van der Waals surface area contributed by atoms with Gasteiger partial charge in [0.1, 0.15) is 5.58 Å². The van der Waals surface area contributed by atoms with E-state index in [0.717, 1.165) is 32.9 Å². The summed E-state index contributed by atoms with van der Waals surface area (Å²) >= 11 is 0. The summed E-state index contributed by atoms with van der Waals surface area (Å²) in [6.07, 6.45) is 0. The normalized spacial score (nSPS) is 12.0. The molecule has 0 saturated heterocycles. The van der Waals surface area contributed by atoms with Crippen LogP contribution in [-0.4, -0.2) is 9.55 Å². The Bertz CT molecular complexity index is 1700. The molecule has 3 aromatic heterocycles. The lowest BCUT2D eigenvalue weighted by molar-refractivity contribution is 0.656. The standard InChI is InChI=1S/C27H16N2O/c1-5-13-21-19(11-1)26(25-20-12-4-8-16-24(20)30-27(25)28-21)29-22-14-6-2-9-17(22)18-10-3-7-15-23(18)29/h1-16H. The summed E-state index contributed by atoms with van der Waals surface area (Å²) in [7, 11) is 0. The number of pyridine rings is 1. The molecule has 0 aliphatic heterocycles. The Labute approximate surface area is 171 Å². The van der Waals surface area contributed by atoms with E-state index in [2.05, 4.69) is 83.4 Å². The molecule has 4 aromatic carbocycles. The van der Waals surface area contributed by atoms with Gasteiger partial charge in [-0.1, -0.05) is 72.8 Å². The number of hydrogen-bond acceptors (Lipinski definition) is 2. The van der Waals surface area contributed by atoms with Crippen LogP contribution in [0.4, 0.5) is 0 Å². The first-order valence-corrected chi connectivity index (χ1v) is 10.1. The molecule has 7 aromatic rings. The fourth-order valence-corrected chi connectivity index (χ4v) is 4.75. The highest BCUT2D eigenvalue weighted by Crippen LogP contribution is 2.40. The van der Waals surface area contributed by atoms with Crippen LogP contribution < -0.4 is 0 Å². The first kappa shape index (κ1) is 15.8. The first-order valence-electron chi connectivity index (χ1n) is 10.1. The molecule has 0 fully saturated rings. The monoisotopic (exact) mass is 384 g/mol. The van der Waals surface area contributed by atoms with Gasteiger partial charge in [0, 0.05) is 21.5 Å². The van der Waals surface area contributed by atoms with E-state index < -0.39 is 0 Å². The van der Waals surface area contributed by atoms with Crippen LogP contribution in [0, 0.1) is 0 Å². The zero-order valence-corrected chi connectivity index (χ0v) is 16.0. The molecule has 0 N–H and O–H groups in total. The second-order valence-electron chi connectivity index (χ2n) is 7.63. The van der Waals surface area contributed by atoms with Gasteiger partial charge in [-0.2, -0.15) is 0 Å². The first-order chi connectivity index (χ1) is 14.9. The number of furan rings is 1. The van der Waals surface area contributed by atoms with E-state index in [4.69, 9.17) is 9.40 Å². The summed E-state index contributed by atoms with van der Waals surface area (Å²) in [6, 6.07) is 33.7. The van der Waals surface area contributed by atoms with Crippen molar-refractivity contribution in [3.63, 3.8) is 0 Å². The number of aromatic nitrogens is 2. The van der Waals surface area contributed by atoms with E-state index in [9.17, 15) is 0 Å². The molecule has 0 spiro atoms. The van der Waals surface area contributed by atoms with Crippen LogP contribution in [0.25, 0.3) is 60.5 Å². The molecule has 7 rings (SSSR count). The predicted molar refractivity (Wildman–Crippen MR) is 123 cm³/mol. The lowest BCUT2D eigenvalue weighted by Crippen LogP contribution is -1.97. The molecular formula is C27H16N2O. The molecule has 3 heteroatoms. The maximum Gasteiger partial charge on any atom is 0.230 e. The van der Waals surface area contributed by atoms with Crippen molar-refractivity contribution in [2.75, 3.05) is 0 Å². The molecule has 0 aliphatic carbocycles. The summed E-state index contributed by atoms with van der Waals surface area (Å²) in [5, 5.41) is 5.74. The highest BCUT2D eigenvalue weighted by Gasteiger charge is 2.20. The van der Waals surface area contributed by atoms with E-state index in [-0.39, 0.29) is 0 Å². The lowest BCUT2D eigenvalue weighted by Gasteiger charge is -2.12. The van der Waals surface area contributed by atoms with E-state index in [0.29, 0.717) is 5.71 Å². The van der Waals surface area contributed by atoms with Crippen molar-refractivity contribution in [3.8, 4) is 5.69 Å². The van der Waals surface area contributed by atoms with Crippen molar-refractivity contribution in [1.29, 1.82) is 0 Å². The van der Waals surface area contributed by atoms with Gasteiger partial charge in [-0.3, -0.25) is 0 Å². The summed E-state index contributed by atoms with van der Waals surface area (Å²) < 4.78 is 8.57. The molecule has 0 bridgehead atoms. The van der Waals surface area contributed by atoms with Crippen molar-refractivity contribution in [1.82, 2.24) is 9.55 Å². The Kier molecular flexibility index (Phi) is 3.00. The summed E-state index contributed by atoms with van der Waals surface area (Å²) in [5.41, 5.74) is 5.95. The van der Waals surface area contributed by atoms with Crippen LogP contribution in [0.5, 0.6) is 0 Å². The van der Waals surface area contributed by atoms with Crippen LogP contribution in [-0.2, 0) is 0 Å². The highest BCUT2D eigenvalue weighted by molar-refractivity contribution is 6.18. The third-order valence-corrected chi connectivity index (χ3v) is 6.00. The fourth-order valence-electron chi connectivity index (χ4n) is 4.75. The van der Waals surface area contributed by atoms with Gasteiger partial charge in [0.05, 0.1) is 27.6 Å². The number of rotatable bonds is 1. The van der Waals surface area contributed by atoms with Crippen molar-refractivity contribution in [2.24, 2.45) is 0 Å². The number of fused-ring (bicyclic) bond motifs is 7. The average molecular weight is 384 g/mol. The third-order valence-electron chi connectivity index (χ3n) is 6.00. The molecule has 0 amide bonds. The fraction of sp³-hybridized carbons (Fsp3) is 0. The molecule has 3 heterocycles. The van der Waals surface area contributed by atoms with Crippen molar-refractivity contribution in [2.45, 2.75) is 0 Å².